The highest BCUT2D eigenvalue weighted by molar-refractivity contribution is 5.92. The molecular weight excluding hydrogens is 535 g/mol. The van der Waals surface area contributed by atoms with Crippen LogP contribution >= 0.6 is 0 Å². The fourth-order valence-electron chi connectivity index (χ4n) is 4.99. The van der Waals surface area contributed by atoms with Crippen LogP contribution in [0, 0.1) is 5.82 Å². The van der Waals surface area contributed by atoms with Crippen molar-refractivity contribution in [1.82, 2.24) is 9.80 Å². The molecule has 3 amide bonds. The van der Waals surface area contributed by atoms with E-state index in [9.17, 15) is 40.3 Å². The largest absolute Gasteiger partial charge is 0.416 e. The predicted octanol–water partition coefficient (Wildman–Crippen LogP) is 5.52. The highest BCUT2D eigenvalue weighted by Gasteiger charge is 2.43. The highest BCUT2D eigenvalue weighted by Crippen LogP contribution is 2.39. The summed E-state index contributed by atoms with van der Waals surface area (Å²) < 4.78 is 99.2. The summed E-state index contributed by atoms with van der Waals surface area (Å²) in [5, 5.41) is 0. The fourth-order valence-corrected chi connectivity index (χ4v) is 4.99. The fraction of sp³-hybridized carbons (Fsp3) is 0.462. The Balaban J connectivity index is 1.64. The molecule has 2 aliphatic rings. The maximum Gasteiger partial charge on any atom is 0.416 e. The van der Waals surface area contributed by atoms with Gasteiger partial charge < -0.3 is 14.5 Å². The summed E-state index contributed by atoms with van der Waals surface area (Å²) in [5.74, 6) is -1.26. The minimum Gasteiger partial charge on any atom is -0.368 e. The minimum atomic E-state index is -5.08. The molecule has 2 aliphatic heterocycles. The van der Waals surface area contributed by atoms with E-state index < -0.39 is 59.1 Å². The van der Waals surface area contributed by atoms with Gasteiger partial charge in [-0.2, -0.15) is 26.3 Å². The number of alkyl halides is 6. The number of anilines is 1. The van der Waals surface area contributed by atoms with Gasteiger partial charge in [0.15, 0.2) is 0 Å². The molecule has 212 valence electrons. The summed E-state index contributed by atoms with van der Waals surface area (Å²) in [4.78, 5) is 29.9. The number of likely N-dealkylation sites (N-methyl/N-ethyl adjacent to an activating group) is 1. The van der Waals surface area contributed by atoms with Crippen LogP contribution in [0.3, 0.4) is 0 Å². The molecule has 39 heavy (non-hydrogen) atoms. The maximum atomic E-state index is 13.6. The second-order valence-electron chi connectivity index (χ2n) is 9.69. The van der Waals surface area contributed by atoms with Crippen molar-refractivity contribution < 1.29 is 45.1 Å². The summed E-state index contributed by atoms with van der Waals surface area (Å²) in [6.45, 7) is 0.653. The molecule has 0 radical (unpaired) electrons. The molecule has 0 aromatic heterocycles. The summed E-state index contributed by atoms with van der Waals surface area (Å²) >= 11 is 0. The Labute approximate surface area is 219 Å². The molecule has 0 aliphatic carbocycles. The zero-order valence-electron chi connectivity index (χ0n) is 21.0. The number of hydrogen-bond donors (Lipinski definition) is 0. The molecule has 2 saturated heterocycles. The van der Waals surface area contributed by atoms with Crippen LogP contribution in [0.5, 0.6) is 0 Å². The van der Waals surface area contributed by atoms with Crippen LogP contribution in [-0.4, -0.2) is 67.7 Å². The van der Waals surface area contributed by atoms with E-state index in [4.69, 9.17) is 4.74 Å². The van der Waals surface area contributed by atoms with Crippen molar-refractivity contribution in [1.29, 1.82) is 0 Å². The van der Waals surface area contributed by atoms with Crippen LogP contribution in [0.4, 0.5) is 41.2 Å². The Kier molecular flexibility index (Phi) is 7.84. The maximum absolute atomic E-state index is 13.6. The zero-order valence-corrected chi connectivity index (χ0v) is 21.0. The van der Waals surface area contributed by atoms with E-state index >= 15 is 0 Å². The van der Waals surface area contributed by atoms with Gasteiger partial charge in [-0.05, 0) is 48.7 Å². The van der Waals surface area contributed by atoms with Crippen molar-refractivity contribution in [2.24, 2.45) is 0 Å². The molecule has 2 heterocycles. The number of nitrogens with zero attached hydrogens (tertiary/aromatic N) is 3. The molecule has 0 bridgehead atoms. The first kappa shape index (κ1) is 28.7. The van der Waals surface area contributed by atoms with Crippen molar-refractivity contribution in [3.8, 4) is 0 Å². The Hall–Kier alpha value is -3.35. The number of amides is 3. The number of urea groups is 1. The second-order valence-corrected chi connectivity index (χ2v) is 9.69. The van der Waals surface area contributed by atoms with Gasteiger partial charge in [0.1, 0.15) is 11.9 Å². The molecule has 3 atom stereocenters. The monoisotopic (exact) mass is 561 g/mol. The Morgan fingerprint density at radius 2 is 1.51 bits per heavy atom. The number of likely N-dealkylation sites (tertiary alicyclic amines) is 1. The molecule has 6 nitrogen and oxygen atoms in total. The van der Waals surface area contributed by atoms with Gasteiger partial charge in [-0.15, -0.1) is 0 Å². The smallest absolute Gasteiger partial charge is 0.368 e. The first-order chi connectivity index (χ1) is 18.2. The minimum absolute atomic E-state index is 0.0123. The van der Waals surface area contributed by atoms with Crippen molar-refractivity contribution >= 4 is 17.6 Å². The summed E-state index contributed by atoms with van der Waals surface area (Å²) in [7, 11) is 2.43. The van der Waals surface area contributed by atoms with Crippen molar-refractivity contribution in [3.63, 3.8) is 0 Å². The SMILES string of the molecule is CN(C(=O)N(C)[C@@H]1CN(C(=O)[C@H]2CCCO2)C[C@H]1c1ccc(F)cc1)c1cc(C(F)(F)F)cc(C(F)(F)F)c1. The molecule has 13 heteroatoms. The topological polar surface area (TPSA) is 53.1 Å². The molecule has 4 rings (SSSR count). The van der Waals surface area contributed by atoms with Gasteiger partial charge in [0, 0.05) is 45.4 Å². The number of halogens is 7. The first-order valence-electron chi connectivity index (χ1n) is 12.1. The number of ether oxygens (including phenoxy) is 1. The average Bonchev–Trinajstić information content (AvgIpc) is 3.57. The van der Waals surface area contributed by atoms with Crippen molar-refractivity contribution in [2.45, 2.75) is 43.3 Å². The lowest BCUT2D eigenvalue weighted by Crippen LogP contribution is -2.48. The Morgan fingerprint density at radius 1 is 0.923 bits per heavy atom. The van der Waals surface area contributed by atoms with Gasteiger partial charge in [0.2, 0.25) is 0 Å². The van der Waals surface area contributed by atoms with Crippen molar-refractivity contribution in [2.75, 3.05) is 38.7 Å². The molecule has 0 spiro atoms. The van der Waals surface area contributed by atoms with E-state index in [2.05, 4.69) is 0 Å². The van der Waals surface area contributed by atoms with Gasteiger partial charge >= 0.3 is 18.4 Å². The zero-order chi connectivity index (χ0) is 28.7. The molecule has 0 unspecified atom stereocenters. The average molecular weight is 561 g/mol. The van der Waals surface area contributed by atoms with Crippen molar-refractivity contribution in [3.05, 3.63) is 65.0 Å². The molecular formula is C26H26F7N3O3. The summed E-state index contributed by atoms with van der Waals surface area (Å²) in [6, 6.07) is 4.82. The van der Waals surface area contributed by atoms with E-state index in [1.807, 2.05) is 0 Å². The van der Waals surface area contributed by atoms with Gasteiger partial charge in [-0.25, -0.2) is 9.18 Å². The van der Waals surface area contributed by atoms with Gasteiger partial charge in [0.05, 0.1) is 17.2 Å². The highest BCUT2D eigenvalue weighted by atomic mass is 19.4. The third kappa shape index (κ3) is 6.13. The lowest BCUT2D eigenvalue weighted by atomic mass is 9.93. The Morgan fingerprint density at radius 3 is 2.03 bits per heavy atom. The van der Waals surface area contributed by atoms with Gasteiger partial charge in [-0.3, -0.25) is 9.69 Å². The van der Waals surface area contributed by atoms with Crippen LogP contribution < -0.4 is 4.90 Å². The lowest BCUT2D eigenvalue weighted by Gasteiger charge is -2.33. The second kappa shape index (κ2) is 10.7. The third-order valence-corrected chi connectivity index (χ3v) is 7.15. The molecule has 0 saturated carbocycles. The first-order valence-corrected chi connectivity index (χ1v) is 12.1. The number of carbonyl (C=O) groups excluding carboxylic acids is 2. The van der Waals surface area contributed by atoms with E-state index in [0.717, 1.165) is 13.5 Å². The number of carbonyl (C=O) groups is 2. The number of benzene rings is 2. The van der Waals surface area contributed by atoms with Crippen LogP contribution in [0.2, 0.25) is 0 Å². The van der Waals surface area contributed by atoms with E-state index in [1.165, 1.54) is 41.1 Å². The normalized spacial score (nSPS) is 21.8. The van der Waals surface area contributed by atoms with Crippen LogP contribution in [0.15, 0.2) is 42.5 Å². The number of rotatable bonds is 4. The van der Waals surface area contributed by atoms with Gasteiger partial charge in [0.25, 0.3) is 5.91 Å². The molecule has 2 fully saturated rings. The third-order valence-electron chi connectivity index (χ3n) is 7.15. The summed E-state index contributed by atoms with van der Waals surface area (Å²) in [6.07, 6.45) is -9.53. The molecule has 2 aromatic carbocycles. The van der Waals surface area contributed by atoms with E-state index in [0.29, 0.717) is 35.6 Å². The molecule has 2 aromatic rings. The van der Waals surface area contributed by atoms with E-state index in [-0.39, 0.29) is 25.1 Å². The van der Waals surface area contributed by atoms with Crippen LogP contribution in [-0.2, 0) is 21.9 Å². The molecule has 0 N–H and O–H groups in total. The van der Waals surface area contributed by atoms with Gasteiger partial charge in [-0.1, -0.05) is 12.1 Å². The lowest BCUT2D eigenvalue weighted by molar-refractivity contribution is -0.143. The van der Waals surface area contributed by atoms with Crippen LogP contribution in [0.1, 0.15) is 35.4 Å². The van der Waals surface area contributed by atoms with Crippen LogP contribution in [0.25, 0.3) is 0 Å². The predicted molar refractivity (Wildman–Crippen MR) is 126 cm³/mol. The number of hydrogen-bond acceptors (Lipinski definition) is 3. The summed E-state index contributed by atoms with van der Waals surface area (Å²) in [5.41, 5.74) is -3.08. The quantitative estimate of drug-likeness (QED) is 0.462. The Bertz CT molecular complexity index is 1180. The van der Waals surface area contributed by atoms with E-state index in [1.54, 1.807) is 0 Å². The standard InChI is InChI=1S/C26H26F7N3O3/c1-34(19-11-16(25(28,29)30)10-17(12-19)26(31,32)33)24(38)35(2)21-14-36(23(37)22-4-3-9-39-22)13-20(21)15-5-7-18(27)8-6-15/h5-8,10-12,20-22H,3-4,9,13-14H2,1-2H3/t20-,21+,22+/m0/s1.